The minimum Gasteiger partial charge on any atom is -0.480 e. The van der Waals surface area contributed by atoms with E-state index in [1.165, 1.54) is 17.0 Å². The summed E-state index contributed by atoms with van der Waals surface area (Å²) in [7, 11) is -4.48. The molecule has 48 heavy (non-hydrogen) atoms. The maximum atomic E-state index is 13.0. The largest absolute Gasteiger partial charge is 0.480 e. The van der Waals surface area contributed by atoms with Crippen molar-refractivity contribution in [1.29, 1.82) is 0 Å². The Morgan fingerprint density at radius 3 is 2.25 bits per heavy atom. The van der Waals surface area contributed by atoms with Gasteiger partial charge in [0, 0.05) is 37.8 Å². The number of nitrogens with two attached hydrogens (primary N) is 1. The molecule has 2 aromatic carbocycles. The number of fused-ring (bicyclic) bond motifs is 1. The molecule has 2 aromatic heterocycles. The minimum atomic E-state index is -4.79. The van der Waals surface area contributed by atoms with Crippen molar-refractivity contribution in [3.05, 3.63) is 71.4 Å². The number of ether oxygens (including phenoxy) is 1. The lowest BCUT2D eigenvalue weighted by Crippen LogP contribution is -2.58. The highest BCUT2D eigenvalue weighted by atomic mass is 32.2. The second-order valence-corrected chi connectivity index (χ2v) is 12.5. The first-order valence-electron chi connectivity index (χ1n) is 13.1. The van der Waals surface area contributed by atoms with Crippen LogP contribution in [0.15, 0.2) is 53.6 Å². The quantitative estimate of drug-likeness (QED) is 0.249. The van der Waals surface area contributed by atoms with E-state index in [1.54, 1.807) is 0 Å². The maximum Gasteiger partial charge on any atom is 0.451 e. The molecule has 1 saturated heterocycles. The monoisotopic (exact) mass is 732 g/mol. The van der Waals surface area contributed by atoms with Crippen molar-refractivity contribution < 1.29 is 62.6 Å². The highest BCUT2D eigenvalue weighted by molar-refractivity contribution is 7.89. The topological polar surface area (TPSA) is 152 Å². The third-order valence-electron chi connectivity index (χ3n) is 6.54. The first-order chi connectivity index (χ1) is 22.3. The summed E-state index contributed by atoms with van der Waals surface area (Å²) < 4.78 is 144. The number of sulfonamides is 1. The number of carboxylic acid groups (broad SMARTS) is 1. The predicted octanol–water partition coefficient (Wildman–Crippen LogP) is 4.97. The summed E-state index contributed by atoms with van der Waals surface area (Å²) >= 11 is 0.901. The molecular formula is C26H21F9N6O5S2. The number of carbonyl (C=O) groups is 1. The van der Waals surface area contributed by atoms with Gasteiger partial charge >= 0.3 is 24.9 Å². The van der Waals surface area contributed by atoms with E-state index in [2.05, 4.69) is 19.7 Å². The Morgan fingerprint density at radius 2 is 1.71 bits per heavy atom. The SMILES string of the molecule is NCc1ccc(OC(F)F)cc1F.O=C(O)[C@H]1CN(c2nc3nc(C(F)(F)F)ncc3s2)CCN1S(=O)(=O)c1ccc(C(F)(F)F)cc1. The molecule has 0 aliphatic carbocycles. The van der Waals surface area contributed by atoms with Crippen molar-refractivity contribution in [3.63, 3.8) is 0 Å². The van der Waals surface area contributed by atoms with Gasteiger partial charge in [0.05, 0.1) is 21.4 Å². The number of hydrogen-bond acceptors (Lipinski definition) is 10. The molecule has 11 nitrogen and oxygen atoms in total. The second kappa shape index (κ2) is 14.1. The normalized spacial score (nSPS) is 16.1. The van der Waals surface area contributed by atoms with E-state index in [9.17, 15) is 57.8 Å². The van der Waals surface area contributed by atoms with Gasteiger partial charge in [0.2, 0.25) is 15.8 Å². The fourth-order valence-electron chi connectivity index (χ4n) is 4.25. The lowest BCUT2D eigenvalue weighted by atomic mass is 10.2. The predicted molar refractivity (Wildman–Crippen MR) is 150 cm³/mol. The van der Waals surface area contributed by atoms with Gasteiger partial charge in [0.1, 0.15) is 17.6 Å². The van der Waals surface area contributed by atoms with Crippen molar-refractivity contribution in [2.24, 2.45) is 5.73 Å². The molecule has 3 N–H and O–H groups in total. The molecule has 0 saturated carbocycles. The number of halogens is 9. The van der Waals surface area contributed by atoms with Crippen molar-refractivity contribution in [2.45, 2.75) is 36.4 Å². The van der Waals surface area contributed by atoms with E-state index >= 15 is 0 Å². The van der Waals surface area contributed by atoms with Crippen LogP contribution in [0.2, 0.25) is 0 Å². The van der Waals surface area contributed by atoms with Gasteiger partial charge in [-0.3, -0.25) is 4.79 Å². The number of aliphatic carboxylic acids is 1. The third-order valence-corrected chi connectivity index (χ3v) is 9.50. The van der Waals surface area contributed by atoms with Crippen molar-refractivity contribution >= 4 is 42.8 Å². The first-order valence-corrected chi connectivity index (χ1v) is 15.4. The van der Waals surface area contributed by atoms with E-state index in [-0.39, 0.29) is 46.4 Å². The molecule has 1 fully saturated rings. The lowest BCUT2D eigenvalue weighted by molar-refractivity contribution is -0.145. The van der Waals surface area contributed by atoms with Gasteiger partial charge in [-0.05, 0) is 30.3 Å². The van der Waals surface area contributed by atoms with E-state index in [1.807, 2.05) is 0 Å². The fourth-order valence-corrected chi connectivity index (χ4v) is 6.72. The molecule has 1 atom stereocenters. The number of hydrogen-bond donors (Lipinski definition) is 2. The van der Waals surface area contributed by atoms with E-state index in [0.29, 0.717) is 16.4 Å². The average molecular weight is 733 g/mol. The summed E-state index contributed by atoms with van der Waals surface area (Å²) in [6, 6.07) is 4.45. The highest BCUT2D eigenvalue weighted by Gasteiger charge is 2.42. The summed E-state index contributed by atoms with van der Waals surface area (Å²) in [5, 5.41) is 9.77. The number of thiazole rings is 1. The summed E-state index contributed by atoms with van der Waals surface area (Å²) in [6.45, 7) is -3.77. The van der Waals surface area contributed by atoms with Gasteiger partial charge in [-0.15, -0.1) is 0 Å². The Hall–Kier alpha value is -4.28. The van der Waals surface area contributed by atoms with Gasteiger partial charge in [-0.2, -0.15) is 44.4 Å². The van der Waals surface area contributed by atoms with Gasteiger partial charge in [-0.1, -0.05) is 17.4 Å². The zero-order chi connectivity index (χ0) is 35.6. The smallest absolute Gasteiger partial charge is 0.451 e. The summed E-state index contributed by atoms with van der Waals surface area (Å²) in [4.78, 5) is 23.4. The van der Waals surface area contributed by atoms with Crippen LogP contribution in [0.25, 0.3) is 10.3 Å². The summed E-state index contributed by atoms with van der Waals surface area (Å²) in [5.41, 5.74) is 4.12. The number of anilines is 1. The molecule has 0 amide bonds. The number of benzene rings is 2. The van der Waals surface area contributed by atoms with Crippen LogP contribution in [0, 0.1) is 5.82 Å². The van der Waals surface area contributed by atoms with Gasteiger partial charge in [0.25, 0.3) is 0 Å². The summed E-state index contributed by atoms with van der Waals surface area (Å²) in [5.74, 6) is -3.76. The van der Waals surface area contributed by atoms with Crippen LogP contribution in [0.3, 0.4) is 0 Å². The Bertz CT molecular complexity index is 1870. The third kappa shape index (κ3) is 8.41. The average Bonchev–Trinajstić information content (AvgIpc) is 3.44. The molecule has 1 aliphatic heterocycles. The second-order valence-electron chi connectivity index (χ2n) is 9.65. The maximum absolute atomic E-state index is 13.0. The molecule has 0 unspecified atom stereocenters. The zero-order valence-corrected chi connectivity index (χ0v) is 25.3. The van der Waals surface area contributed by atoms with Crippen LogP contribution in [-0.4, -0.2) is 71.0 Å². The summed E-state index contributed by atoms with van der Waals surface area (Å²) in [6.07, 6.45) is -8.53. The molecule has 4 aromatic rings. The van der Waals surface area contributed by atoms with E-state index in [4.69, 9.17) is 5.73 Å². The standard InChI is InChI=1S/C18H13F6N5O4S2.C8H8F3NO/c19-17(20,21)9-1-3-10(4-2-9)35(32,33)29-6-5-28(8-11(29)14(30)31)16-27-13-12(34-16)7-25-15(26-13)18(22,23)24;9-7-3-6(13-8(10)11)2-1-5(7)4-12/h1-4,7,11H,5-6,8H2,(H,30,31);1-3,8H,4,12H2/t11-;/m1./s1. The zero-order valence-electron chi connectivity index (χ0n) is 23.7. The Morgan fingerprint density at radius 1 is 1.04 bits per heavy atom. The molecule has 22 heteroatoms. The molecule has 0 bridgehead atoms. The first kappa shape index (κ1) is 36.6. The number of carboxylic acids is 1. The van der Waals surface area contributed by atoms with Gasteiger partial charge in [-0.25, -0.2) is 22.8 Å². The highest BCUT2D eigenvalue weighted by Crippen LogP contribution is 2.34. The van der Waals surface area contributed by atoms with Crippen LogP contribution in [-0.2, 0) is 33.7 Å². The van der Waals surface area contributed by atoms with Crippen LogP contribution in [0.4, 0.5) is 44.6 Å². The number of nitrogens with zero attached hydrogens (tertiary/aromatic N) is 5. The number of rotatable bonds is 7. The molecule has 1 aliphatic rings. The van der Waals surface area contributed by atoms with Crippen LogP contribution in [0.1, 0.15) is 17.0 Å². The van der Waals surface area contributed by atoms with Crippen LogP contribution < -0.4 is 15.4 Å². The number of piperazine rings is 1. The van der Waals surface area contributed by atoms with Crippen LogP contribution in [0.5, 0.6) is 5.75 Å². The van der Waals surface area contributed by atoms with E-state index in [0.717, 1.165) is 35.7 Å². The van der Waals surface area contributed by atoms with Crippen molar-refractivity contribution in [1.82, 2.24) is 19.3 Å². The Balaban J connectivity index is 0.000000336. The number of alkyl halides is 8. The lowest BCUT2D eigenvalue weighted by Gasteiger charge is -2.38. The van der Waals surface area contributed by atoms with Crippen LogP contribution >= 0.6 is 11.3 Å². The Labute approximate surface area is 268 Å². The molecule has 0 radical (unpaired) electrons. The Kier molecular flexibility index (Phi) is 10.7. The number of aromatic nitrogens is 3. The molecule has 0 spiro atoms. The molecule has 5 rings (SSSR count). The fraction of sp³-hybridized carbons (Fsp3) is 0.308. The van der Waals surface area contributed by atoms with Crippen molar-refractivity contribution in [3.8, 4) is 5.75 Å². The van der Waals surface area contributed by atoms with Crippen molar-refractivity contribution in [2.75, 3.05) is 24.5 Å². The van der Waals surface area contributed by atoms with E-state index < -0.39 is 69.6 Å². The van der Waals surface area contributed by atoms with Gasteiger partial charge in [0.15, 0.2) is 10.8 Å². The molecular weight excluding hydrogens is 711 g/mol. The van der Waals surface area contributed by atoms with Gasteiger partial charge < -0.3 is 20.5 Å². The molecule has 260 valence electrons. The minimum absolute atomic E-state index is 0.0286. The molecule has 3 heterocycles.